The summed E-state index contributed by atoms with van der Waals surface area (Å²) in [5.41, 5.74) is -0.905. The van der Waals surface area contributed by atoms with Crippen LogP contribution in [0.3, 0.4) is 0 Å². The van der Waals surface area contributed by atoms with Crippen LogP contribution in [-0.2, 0) is 14.3 Å². The molecule has 0 bridgehead atoms. The van der Waals surface area contributed by atoms with E-state index in [1.54, 1.807) is 0 Å². The van der Waals surface area contributed by atoms with Crippen molar-refractivity contribution < 1.29 is 28.8 Å². The third kappa shape index (κ3) is 3.08. The molecule has 2 aliphatic rings. The molecule has 1 aromatic rings. The zero-order chi connectivity index (χ0) is 19.7. The molecule has 0 saturated carbocycles. The summed E-state index contributed by atoms with van der Waals surface area (Å²) in [5.74, 6) is -2.68. The van der Waals surface area contributed by atoms with Gasteiger partial charge in [0.25, 0.3) is 23.4 Å². The first-order chi connectivity index (χ1) is 12.9. The number of hydrogen-bond donors (Lipinski definition) is 0. The molecule has 4 amide bonds. The molecule has 1 saturated heterocycles. The number of ether oxygens (including phenoxy) is 1. The number of nitro benzene ring substituents is 1. The van der Waals surface area contributed by atoms with Gasteiger partial charge >= 0.3 is 0 Å². The number of amides is 4. The number of rotatable bonds is 6. The summed E-state index contributed by atoms with van der Waals surface area (Å²) in [6.45, 7) is 0.465. The monoisotopic (exact) mass is 375 g/mol. The van der Waals surface area contributed by atoms with Gasteiger partial charge in [-0.05, 0) is 18.9 Å². The fourth-order valence-electron chi connectivity index (χ4n) is 3.38. The second-order valence-corrected chi connectivity index (χ2v) is 6.22. The highest BCUT2D eigenvalue weighted by molar-refractivity contribution is 6.25. The number of nitro groups is 1. The van der Waals surface area contributed by atoms with Crippen molar-refractivity contribution in [2.75, 3.05) is 20.3 Å². The summed E-state index contributed by atoms with van der Waals surface area (Å²) < 4.78 is 4.91. The van der Waals surface area contributed by atoms with Crippen LogP contribution in [0.15, 0.2) is 18.2 Å². The maximum Gasteiger partial charge on any atom is 0.282 e. The van der Waals surface area contributed by atoms with Crippen LogP contribution < -0.4 is 0 Å². The molecule has 0 aromatic heterocycles. The molecule has 0 N–H and O–H groups in total. The quantitative estimate of drug-likeness (QED) is 0.310. The second kappa shape index (κ2) is 7.23. The summed E-state index contributed by atoms with van der Waals surface area (Å²) in [6.07, 6.45) is 0.422. The Kier molecular flexibility index (Phi) is 5.00. The Bertz CT molecular complexity index is 851. The van der Waals surface area contributed by atoms with Crippen LogP contribution in [0.25, 0.3) is 0 Å². The van der Waals surface area contributed by atoms with E-state index >= 15 is 0 Å². The fraction of sp³-hybridized carbons (Fsp3) is 0.412. The van der Waals surface area contributed by atoms with E-state index in [1.807, 2.05) is 0 Å². The molecule has 2 heterocycles. The summed E-state index contributed by atoms with van der Waals surface area (Å²) in [5, 5.41) is 11.2. The van der Waals surface area contributed by atoms with Crippen LogP contribution >= 0.6 is 0 Å². The normalized spacial score (nSPS) is 19.7. The lowest BCUT2D eigenvalue weighted by Crippen LogP contribution is -2.56. The zero-order valence-electron chi connectivity index (χ0n) is 14.5. The third-order valence-corrected chi connectivity index (χ3v) is 4.65. The van der Waals surface area contributed by atoms with Crippen molar-refractivity contribution in [3.05, 3.63) is 39.4 Å². The number of fused-ring (bicyclic) bond motifs is 1. The lowest BCUT2D eigenvalue weighted by atomic mass is 10.0. The van der Waals surface area contributed by atoms with Crippen LogP contribution in [0.5, 0.6) is 0 Å². The van der Waals surface area contributed by atoms with Crippen molar-refractivity contribution in [1.82, 2.24) is 9.80 Å². The first kappa shape index (κ1) is 18.6. The highest BCUT2D eigenvalue weighted by Gasteiger charge is 2.49. The van der Waals surface area contributed by atoms with E-state index in [1.165, 1.54) is 19.2 Å². The Morgan fingerprint density at radius 2 is 1.96 bits per heavy atom. The van der Waals surface area contributed by atoms with E-state index in [0.29, 0.717) is 13.0 Å². The molecular formula is C17H17N3O7. The van der Waals surface area contributed by atoms with Crippen LogP contribution in [0.2, 0.25) is 0 Å². The molecule has 0 aliphatic carbocycles. The molecule has 0 radical (unpaired) electrons. The van der Waals surface area contributed by atoms with Crippen molar-refractivity contribution in [2.45, 2.75) is 25.3 Å². The number of carbonyl (C=O) groups is 4. The minimum atomic E-state index is -1.16. The van der Waals surface area contributed by atoms with Gasteiger partial charge in [-0.15, -0.1) is 0 Å². The minimum absolute atomic E-state index is 0.00110. The predicted molar refractivity (Wildman–Crippen MR) is 89.8 cm³/mol. The fourth-order valence-corrected chi connectivity index (χ4v) is 3.38. The predicted octanol–water partition coefficient (Wildman–Crippen LogP) is 0.745. The average molecular weight is 375 g/mol. The summed E-state index contributed by atoms with van der Waals surface area (Å²) in [7, 11) is 1.49. The van der Waals surface area contributed by atoms with Crippen LogP contribution in [-0.4, -0.2) is 64.7 Å². The molecule has 3 rings (SSSR count). The number of benzene rings is 1. The van der Waals surface area contributed by atoms with Crippen molar-refractivity contribution in [1.29, 1.82) is 0 Å². The second-order valence-electron chi connectivity index (χ2n) is 6.22. The van der Waals surface area contributed by atoms with Gasteiger partial charge in [-0.3, -0.25) is 39.1 Å². The Morgan fingerprint density at radius 3 is 2.63 bits per heavy atom. The van der Waals surface area contributed by atoms with E-state index in [4.69, 9.17) is 4.74 Å². The molecule has 1 atom stereocenters. The molecule has 27 heavy (non-hydrogen) atoms. The number of imide groups is 2. The molecule has 10 nitrogen and oxygen atoms in total. The van der Waals surface area contributed by atoms with E-state index in [2.05, 4.69) is 0 Å². The van der Waals surface area contributed by atoms with Crippen molar-refractivity contribution in [3.63, 3.8) is 0 Å². The standard InChI is InChI=1S/C17H17N3O7/c1-27-9-3-8-18-13(21)7-6-12(16(18)23)19-15(22)10-4-2-5-11(20(25)26)14(10)17(19)24/h2,4-5,12H,3,6-9H2,1H3. The summed E-state index contributed by atoms with van der Waals surface area (Å²) in [4.78, 5) is 62.5. The summed E-state index contributed by atoms with van der Waals surface area (Å²) in [6, 6.07) is 2.61. The van der Waals surface area contributed by atoms with Gasteiger partial charge in [0.15, 0.2) is 0 Å². The van der Waals surface area contributed by atoms with Gasteiger partial charge in [0.05, 0.1) is 10.5 Å². The Balaban J connectivity index is 1.90. The number of methoxy groups -OCH3 is 1. The lowest BCUT2D eigenvalue weighted by Gasteiger charge is -2.34. The van der Waals surface area contributed by atoms with Gasteiger partial charge in [0.1, 0.15) is 11.6 Å². The van der Waals surface area contributed by atoms with Gasteiger partial charge in [-0.25, -0.2) is 0 Å². The van der Waals surface area contributed by atoms with Crippen LogP contribution in [0, 0.1) is 10.1 Å². The highest BCUT2D eigenvalue weighted by atomic mass is 16.6. The molecular weight excluding hydrogens is 358 g/mol. The third-order valence-electron chi connectivity index (χ3n) is 4.65. The summed E-state index contributed by atoms with van der Waals surface area (Å²) >= 11 is 0. The van der Waals surface area contributed by atoms with E-state index < -0.39 is 34.4 Å². The number of likely N-dealkylation sites (tertiary alicyclic amines) is 1. The minimum Gasteiger partial charge on any atom is -0.385 e. The maximum absolute atomic E-state index is 12.8. The van der Waals surface area contributed by atoms with E-state index in [-0.39, 0.29) is 36.4 Å². The molecule has 1 aromatic carbocycles. The number of piperidine rings is 1. The number of carbonyl (C=O) groups excluding carboxylic acids is 4. The number of hydrogen-bond acceptors (Lipinski definition) is 7. The van der Waals surface area contributed by atoms with E-state index in [0.717, 1.165) is 15.9 Å². The van der Waals surface area contributed by atoms with Crippen molar-refractivity contribution in [3.8, 4) is 0 Å². The van der Waals surface area contributed by atoms with Gasteiger partial charge in [-0.1, -0.05) is 6.07 Å². The largest absolute Gasteiger partial charge is 0.385 e. The highest BCUT2D eigenvalue weighted by Crippen LogP contribution is 2.34. The van der Waals surface area contributed by atoms with Gasteiger partial charge in [0, 0.05) is 32.7 Å². The molecule has 0 spiro atoms. The SMILES string of the molecule is COCCCN1C(=O)CCC(N2C(=O)c3cccc([N+](=O)[O-])c3C2=O)C1=O. The van der Waals surface area contributed by atoms with Gasteiger partial charge in [-0.2, -0.15) is 0 Å². The molecule has 1 fully saturated rings. The first-order valence-corrected chi connectivity index (χ1v) is 8.37. The Morgan fingerprint density at radius 1 is 1.22 bits per heavy atom. The lowest BCUT2D eigenvalue weighted by molar-refractivity contribution is -0.385. The van der Waals surface area contributed by atoms with E-state index in [9.17, 15) is 29.3 Å². The first-order valence-electron chi connectivity index (χ1n) is 8.37. The molecule has 142 valence electrons. The van der Waals surface area contributed by atoms with Crippen LogP contribution in [0.1, 0.15) is 40.0 Å². The Hall–Kier alpha value is -3.14. The average Bonchev–Trinajstić information content (AvgIpc) is 2.89. The molecule has 10 heteroatoms. The Labute approximate surface area is 153 Å². The number of nitrogens with zero attached hydrogens (tertiary/aromatic N) is 3. The smallest absolute Gasteiger partial charge is 0.282 e. The topological polar surface area (TPSA) is 127 Å². The van der Waals surface area contributed by atoms with Crippen LogP contribution in [0.4, 0.5) is 5.69 Å². The van der Waals surface area contributed by atoms with Crippen molar-refractivity contribution in [2.24, 2.45) is 0 Å². The molecule has 1 unspecified atom stereocenters. The van der Waals surface area contributed by atoms with Gasteiger partial charge < -0.3 is 4.74 Å². The van der Waals surface area contributed by atoms with Gasteiger partial charge in [0.2, 0.25) is 5.91 Å². The maximum atomic E-state index is 12.8. The zero-order valence-corrected chi connectivity index (χ0v) is 14.5. The molecule has 2 aliphatic heterocycles. The van der Waals surface area contributed by atoms with Crippen molar-refractivity contribution >= 4 is 29.3 Å².